The smallest absolute Gasteiger partial charge is 0.449 e. The number of nitrogens with one attached hydrogen (secondary N) is 2. The van der Waals surface area contributed by atoms with Crippen LogP contribution < -0.4 is 4.74 Å². The minimum absolute atomic E-state index is 0.0538. The third-order valence-corrected chi connectivity index (χ3v) is 3.59. The van der Waals surface area contributed by atoms with Gasteiger partial charge in [-0.3, -0.25) is 10.4 Å². The van der Waals surface area contributed by atoms with Gasteiger partial charge in [0.1, 0.15) is 11.5 Å². The highest BCUT2D eigenvalue weighted by Crippen LogP contribution is 2.20. The lowest BCUT2D eigenvalue weighted by Crippen LogP contribution is -2.36. The third-order valence-electron chi connectivity index (χ3n) is 3.59. The monoisotopic (exact) mass is 418 g/mol. The molecule has 0 saturated heterocycles. The van der Waals surface area contributed by atoms with Gasteiger partial charge in [-0.1, -0.05) is 24.3 Å². The average Bonchev–Trinajstić information content (AvgIpc) is 2.98. The molecule has 1 aliphatic heterocycles. The number of nitrogens with zero attached hydrogens (tertiary/aromatic N) is 2. The van der Waals surface area contributed by atoms with Gasteiger partial charge in [-0.15, -0.1) is 0 Å². The Morgan fingerprint density at radius 2 is 1.93 bits per heavy atom. The summed E-state index contributed by atoms with van der Waals surface area (Å²) in [5.74, 6) is -0.0755. The Morgan fingerprint density at radius 1 is 1.23 bits per heavy atom. The first-order valence-corrected chi connectivity index (χ1v) is 9.17. The summed E-state index contributed by atoms with van der Waals surface area (Å²) < 4.78 is 43.4. The van der Waals surface area contributed by atoms with E-state index in [2.05, 4.69) is 4.99 Å². The zero-order chi connectivity index (χ0) is 22.4. The van der Waals surface area contributed by atoms with Gasteiger partial charge in [-0.25, -0.2) is 0 Å². The number of benzene rings is 1. The number of alkyl halides is 3. The third kappa shape index (κ3) is 9.18. The summed E-state index contributed by atoms with van der Waals surface area (Å²) in [4.78, 5) is 4.97. The standard InChI is InChI=1S/C18H18F3N3O.C4H7N/c1-2-24(17(22)18(19,20)21)12-10-14-6-8-15(9-7-14)25-16-5-3-4-11-23-13-16;1-2-3-4-5/h3-12,22H,2,13H2,1H3;2-5H,1H3/b12-10+,22-17?;3-2-,5-4?. The van der Waals surface area contributed by atoms with E-state index < -0.39 is 12.0 Å². The number of hydrogen-bond donors (Lipinski definition) is 2. The van der Waals surface area contributed by atoms with E-state index in [9.17, 15) is 13.2 Å². The van der Waals surface area contributed by atoms with E-state index in [1.807, 2.05) is 31.2 Å². The first-order valence-electron chi connectivity index (χ1n) is 9.17. The first kappa shape index (κ1) is 24.6. The fourth-order valence-corrected chi connectivity index (χ4v) is 2.11. The summed E-state index contributed by atoms with van der Waals surface area (Å²) in [5, 5.41) is 13.6. The summed E-state index contributed by atoms with van der Waals surface area (Å²) in [5.41, 5.74) is 0.702. The van der Waals surface area contributed by atoms with Crippen molar-refractivity contribution < 1.29 is 17.9 Å². The number of aliphatic imine (C=N–C) groups is 1. The maximum Gasteiger partial charge on any atom is 0.449 e. The van der Waals surface area contributed by atoms with Gasteiger partial charge >= 0.3 is 6.18 Å². The molecule has 1 heterocycles. The molecule has 0 bridgehead atoms. The van der Waals surface area contributed by atoms with Gasteiger partial charge in [0.15, 0.2) is 0 Å². The van der Waals surface area contributed by atoms with Crippen LogP contribution in [0.4, 0.5) is 13.2 Å². The Bertz CT molecular complexity index is 835. The molecule has 30 heavy (non-hydrogen) atoms. The molecule has 0 saturated carbocycles. The normalized spacial score (nSPS) is 13.4. The Labute approximate surface area is 174 Å². The second-order valence-corrected chi connectivity index (χ2v) is 5.82. The molecular formula is C22H25F3N4O. The number of ether oxygens (including phenoxy) is 1. The van der Waals surface area contributed by atoms with Crippen molar-refractivity contribution in [2.45, 2.75) is 20.0 Å². The molecule has 160 valence electrons. The molecule has 0 aliphatic carbocycles. The number of rotatable bonds is 6. The van der Waals surface area contributed by atoms with Crippen molar-refractivity contribution in [1.82, 2.24) is 4.90 Å². The topological polar surface area (TPSA) is 72.5 Å². The maximum atomic E-state index is 12.6. The van der Waals surface area contributed by atoms with Crippen LogP contribution in [0.1, 0.15) is 19.4 Å². The Hall–Kier alpha value is -3.42. The van der Waals surface area contributed by atoms with Crippen molar-refractivity contribution in [3.8, 4) is 5.75 Å². The van der Waals surface area contributed by atoms with Crippen LogP contribution >= 0.6 is 0 Å². The van der Waals surface area contributed by atoms with E-state index in [-0.39, 0.29) is 6.54 Å². The maximum absolute atomic E-state index is 12.6. The van der Waals surface area contributed by atoms with Crippen molar-refractivity contribution in [1.29, 1.82) is 10.8 Å². The minimum Gasteiger partial charge on any atom is -0.460 e. The van der Waals surface area contributed by atoms with Crippen molar-refractivity contribution in [2.75, 3.05) is 13.1 Å². The van der Waals surface area contributed by atoms with Crippen LogP contribution in [-0.2, 0) is 0 Å². The molecule has 1 aromatic carbocycles. The number of hydrogen-bond acceptors (Lipinski definition) is 4. The van der Waals surface area contributed by atoms with Crippen molar-refractivity contribution >= 4 is 24.3 Å². The highest BCUT2D eigenvalue weighted by molar-refractivity contribution is 5.86. The number of allylic oxidation sites excluding steroid dienone is 5. The van der Waals surface area contributed by atoms with E-state index in [4.69, 9.17) is 15.6 Å². The molecule has 0 atom stereocenters. The van der Waals surface area contributed by atoms with Crippen LogP contribution in [-0.4, -0.2) is 42.4 Å². The fourth-order valence-electron chi connectivity index (χ4n) is 2.11. The average molecular weight is 418 g/mol. The lowest BCUT2D eigenvalue weighted by Gasteiger charge is -2.20. The molecule has 0 spiro atoms. The Morgan fingerprint density at radius 3 is 2.47 bits per heavy atom. The molecule has 0 amide bonds. The fraction of sp³-hybridized carbons (Fsp3) is 0.227. The minimum atomic E-state index is -4.67. The first-order chi connectivity index (χ1) is 14.3. The SMILES string of the molecule is C/C=C\C=N.CCN(/C=C/c1ccc(OC2=CC=CC=NC2)cc1)C(=N)C(F)(F)F. The van der Waals surface area contributed by atoms with Gasteiger partial charge in [-0.05, 0) is 55.8 Å². The molecule has 2 N–H and O–H groups in total. The molecular weight excluding hydrogens is 393 g/mol. The summed E-state index contributed by atoms with van der Waals surface area (Å²) >= 11 is 0. The van der Waals surface area contributed by atoms with Crippen LogP contribution in [0.3, 0.4) is 0 Å². The van der Waals surface area contributed by atoms with Crippen LogP contribution in [0.5, 0.6) is 5.75 Å². The van der Waals surface area contributed by atoms with Gasteiger partial charge < -0.3 is 15.0 Å². The molecule has 0 aromatic heterocycles. The Kier molecular flexibility index (Phi) is 10.6. The summed E-state index contributed by atoms with van der Waals surface area (Å²) in [7, 11) is 0. The second-order valence-electron chi connectivity index (χ2n) is 5.82. The van der Waals surface area contributed by atoms with Gasteiger partial charge in [0.2, 0.25) is 5.84 Å². The number of halogens is 3. The molecule has 8 heteroatoms. The largest absolute Gasteiger partial charge is 0.460 e. The van der Waals surface area contributed by atoms with Crippen LogP contribution in [0.2, 0.25) is 0 Å². The summed E-state index contributed by atoms with van der Waals surface area (Å²) in [6.45, 7) is 3.93. The molecule has 1 aromatic rings. The van der Waals surface area contributed by atoms with Crippen molar-refractivity contribution in [3.05, 3.63) is 72.2 Å². The second kappa shape index (κ2) is 12.9. The van der Waals surface area contributed by atoms with Gasteiger partial charge in [0.25, 0.3) is 0 Å². The van der Waals surface area contributed by atoms with E-state index in [0.29, 0.717) is 23.6 Å². The van der Waals surface area contributed by atoms with E-state index >= 15 is 0 Å². The van der Waals surface area contributed by atoms with E-state index in [1.54, 1.807) is 43.5 Å². The summed E-state index contributed by atoms with van der Waals surface area (Å²) in [6.07, 6.45) is 9.99. The lowest BCUT2D eigenvalue weighted by molar-refractivity contribution is -0.0676. The van der Waals surface area contributed by atoms with Gasteiger partial charge in [0.05, 0.1) is 6.54 Å². The molecule has 0 radical (unpaired) electrons. The predicted molar refractivity (Wildman–Crippen MR) is 116 cm³/mol. The summed E-state index contributed by atoms with van der Waals surface area (Å²) in [6, 6.07) is 6.91. The molecule has 5 nitrogen and oxygen atoms in total. The van der Waals surface area contributed by atoms with E-state index in [0.717, 1.165) is 4.90 Å². The quantitative estimate of drug-likeness (QED) is 0.464. The highest BCUT2D eigenvalue weighted by atomic mass is 19.4. The highest BCUT2D eigenvalue weighted by Gasteiger charge is 2.37. The lowest BCUT2D eigenvalue weighted by atomic mass is 10.2. The molecule has 2 rings (SSSR count). The zero-order valence-corrected chi connectivity index (χ0v) is 16.9. The van der Waals surface area contributed by atoms with Crippen LogP contribution in [0.15, 0.2) is 71.6 Å². The Balaban J connectivity index is 0.000000804. The van der Waals surface area contributed by atoms with Crippen LogP contribution in [0, 0.1) is 10.8 Å². The van der Waals surface area contributed by atoms with Crippen molar-refractivity contribution in [2.24, 2.45) is 4.99 Å². The molecule has 0 unspecified atom stereocenters. The van der Waals surface area contributed by atoms with Crippen molar-refractivity contribution in [3.63, 3.8) is 0 Å². The number of amidine groups is 1. The predicted octanol–water partition coefficient (Wildman–Crippen LogP) is 5.63. The molecule has 1 aliphatic rings. The zero-order valence-electron chi connectivity index (χ0n) is 16.9. The van der Waals surface area contributed by atoms with Gasteiger partial charge in [0, 0.05) is 25.2 Å². The van der Waals surface area contributed by atoms with E-state index in [1.165, 1.54) is 18.5 Å². The molecule has 0 fully saturated rings. The van der Waals surface area contributed by atoms with Gasteiger partial charge in [-0.2, -0.15) is 13.2 Å². The van der Waals surface area contributed by atoms with Crippen LogP contribution in [0.25, 0.3) is 6.08 Å².